The standard InChI is InChI=1S/C12H18F8O2.C2H6/c1-7(2,3)9(13,14)10(15,11(16,17)18)22-12(19,20)21-8(4,5)6;1-2/h1-6H3;1-2H3. The highest BCUT2D eigenvalue weighted by molar-refractivity contribution is 4.99. The van der Waals surface area contributed by atoms with Crippen LogP contribution in [0.3, 0.4) is 0 Å². The molecular formula is C14H24F8O2. The van der Waals surface area contributed by atoms with Crippen molar-refractivity contribution in [3.05, 3.63) is 0 Å². The van der Waals surface area contributed by atoms with Crippen LogP contribution in [-0.2, 0) is 9.47 Å². The maximum absolute atomic E-state index is 14.0. The van der Waals surface area contributed by atoms with Gasteiger partial charge < -0.3 is 0 Å². The summed E-state index contributed by atoms with van der Waals surface area (Å²) < 4.78 is 113. The Balaban J connectivity index is 0. The molecule has 0 amide bonds. The molecule has 0 spiro atoms. The average molecular weight is 376 g/mol. The summed E-state index contributed by atoms with van der Waals surface area (Å²) in [7, 11) is 0. The van der Waals surface area contributed by atoms with Crippen LogP contribution in [0.1, 0.15) is 55.4 Å². The maximum atomic E-state index is 14.0. The zero-order valence-corrected chi connectivity index (χ0v) is 14.8. The van der Waals surface area contributed by atoms with Gasteiger partial charge >= 0.3 is 24.2 Å². The van der Waals surface area contributed by atoms with Crippen molar-refractivity contribution in [1.82, 2.24) is 0 Å². The Bertz CT molecular complexity index is 393. The lowest BCUT2D eigenvalue weighted by Crippen LogP contribution is -2.64. The predicted molar refractivity (Wildman–Crippen MR) is 72.5 cm³/mol. The minimum absolute atomic E-state index is 0.555. The van der Waals surface area contributed by atoms with E-state index in [0.717, 1.165) is 20.8 Å². The fraction of sp³-hybridized carbons (Fsp3) is 1.00. The van der Waals surface area contributed by atoms with E-state index in [1.807, 2.05) is 13.8 Å². The Morgan fingerprint density at radius 1 is 0.583 bits per heavy atom. The van der Waals surface area contributed by atoms with Gasteiger partial charge in [-0.15, -0.1) is 8.78 Å². The maximum Gasteiger partial charge on any atom is 0.489 e. The zero-order chi connectivity index (χ0) is 20.4. The summed E-state index contributed by atoms with van der Waals surface area (Å²) in [5.74, 6) is -11.3. The third-order valence-corrected chi connectivity index (χ3v) is 2.39. The highest BCUT2D eigenvalue weighted by Gasteiger charge is 2.79. The molecule has 0 aliphatic carbocycles. The van der Waals surface area contributed by atoms with Gasteiger partial charge in [0, 0.05) is 5.41 Å². The molecule has 0 heterocycles. The van der Waals surface area contributed by atoms with Crippen LogP contribution in [-0.4, -0.2) is 29.8 Å². The first kappa shape index (κ1) is 25.6. The molecule has 0 bridgehead atoms. The van der Waals surface area contributed by atoms with E-state index in [1.54, 1.807) is 0 Å². The fourth-order valence-electron chi connectivity index (χ4n) is 1.32. The van der Waals surface area contributed by atoms with Crippen molar-refractivity contribution in [3.63, 3.8) is 0 Å². The summed E-state index contributed by atoms with van der Waals surface area (Å²) in [5.41, 5.74) is -4.43. The molecule has 2 nitrogen and oxygen atoms in total. The molecule has 0 aromatic rings. The lowest BCUT2D eigenvalue weighted by molar-refractivity contribution is -0.528. The molecule has 0 N–H and O–H groups in total. The lowest BCUT2D eigenvalue weighted by Gasteiger charge is -2.42. The van der Waals surface area contributed by atoms with Gasteiger partial charge in [0.1, 0.15) is 0 Å². The molecule has 0 aromatic heterocycles. The molecule has 1 atom stereocenters. The largest absolute Gasteiger partial charge is 0.489 e. The first-order chi connectivity index (χ1) is 10.2. The van der Waals surface area contributed by atoms with E-state index in [2.05, 4.69) is 9.47 Å². The second-order valence-corrected chi connectivity index (χ2v) is 6.70. The molecule has 0 rings (SSSR count). The lowest BCUT2D eigenvalue weighted by atomic mass is 9.83. The van der Waals surface area contributed by atoms with Gasteiger partial charge in [-0.2, -0.15) is 26.3 Å². The van der Waals surface area contributed by atoms with E-state index in [9.17, 15) is 35.1 Å². The highest BCUT2D eigenvalue weighted by atomic mass is 19.4. The van der Waals surface area contributed by atoms with Crippen LogP contribution in [0, 0.1) is 5.41 Å². The van der Waals surface area contributed by atoms with E-state index in [0.29, 0.717) is 20.8 Å². The van der Waals surface area contributed by atoms with Crippen molar-refractivity contribution in [3.8, 4) is 0 Å². The first-order valence-corrected chi connectivity index (χ1v) is 7.08. The van der Waals surface area contributed by atoms with Gasteiger partial charge in [-0.3, -0.25) is 4.74 Å². The minimum atomic E-state index is -6.42. The quantitative estimate of drug-likeness (QED) is 0.423. The molecule has 0 aromatic carbocycles. The van der Waals surface area contributed by atoms with Crippen LogP contribution in [0.5, 0.6) is 0 Å². The third kappa shape index (κ3) is 6.02. The Morgan fingerprint density at radius 2 is 0.917 bits per heavy atom. The number of ether oxygens (including phenoxy) is 2. The molecule has 24 heavy (non-hydrogen) atoms. The topological polar surface area (TPSA) is 18.5 Å². The van der Waals surface area contributed by atoms with Gasteiger partial charge in [-0.25, -0.2) is 4.74 Å². The van der Waals surface area contributed by atoms with Crippen LogP contribution in [0.4, 0.5) is 35.1 Å². The molecule has 0 saturated carbocycles. The average Bonchev–Trinajstić information content (AvgIpc) is 2.24. The van der Waals surface area contributed by atoms with Crippen LogP contribution < -0.4 is 0 Å². The first-order valence-electron chi connectivity index (χ1n) is 7.08. The van der Waals surface area contributed by atoms with E-state index >= 15 is 0 Å². The van der Waals surface area contributed by atoms with Gasteiger partial charge in [0.2, 0.25) is 0 Å². The summed E-state index contributed by atoms with van der Waals surface area (Å²) in [6, 6.07) is 0. The van der Waals surface area contributed by atoms with E-state index < -0.39 is 35.3 Å². The number of alkyl halides is 8. The summed E-state index contributed by atoms with van der Waals surface area (Å²) in [5, 5.41) is 0. The number of halogens is 8. The van der Waals surface area contributed by atoms with Crippen LogP contribution >= 0.6 is 0 Å². The Labute approximate surface area is 136 Å². The monoisotopic (exact) mass is 376 g/mol. The van der Waals surface area contributed by atoms with Crippen LogP contribution in [0.25, 0.3) is 0 Å². The van der Waals surface area contributed by atoms with Crippen molar-refractivity contribution in [2.24, 2.45) is 5.41 Å². The number of rotatable bonds is 4. The number of hydrogen-bond acceptors (Lipinski definition) is 2. The minimum Gasteiger partial charge on any atom is -0.290 e. The van der Waals surface area contributed by atoms with Gasteiger partial charge in [-0.1, -0.05) is 34.6 Å². The third-order valence-electron chi connectivity index (χ3n) is 2.39. The van der Waals surface area contributed by atoms with E-state index in [-0.39, 0.29) is 0 Å². The molecule has 10 heteroatoms. The molecule has 148 valence electrons. The van der Waals surface area contributed by atoms with Crippen molar-refractivity contribution < 1.29 is 44.6 Å². The fourth-order valence-corrected chi connectivity index (χ4v) is 1.32. The Morgan fingerprint density at radius 3 is 1.12 bits per heavy atom. The smallest absolute Gasteiger partial charge is 0.290 e. The van der Waals surface area contributed by atoms with Crippen molar-refractivity contribution in [1.29, 1.82) is 0 Å². The molecular weight excluding hydrogens is 352 g/mol. The van der Waals surface area contributed by atoms with Gasteiger partial charge in [0.25, 0.3) is 0 Å². The van der Waals surface area contributed by atoms with Crippen molar-refractivity contribution >= 4 is 0 Å². The SMILES string of the molecule is CC.CC(C)(C)OC(F)(F)OC(F)(C(F)(F)F)C(F)(F)C(C)(C)C. The molecule has 0 fully saturated rings. The Kier molecular flexibility index (Phi) is 7.80. The van der Waals surface area contributed by atoms with Gasteiger partial charge in [0.15, 0.2) is 0 Å². The molecule has 0 radical (unpaired) electrons. The normalized spacial score (nSPS) is 17.0. The summed E-state index contributed by atoms with van der Waals surface area (Å²) in [6.07, 6.45) is -11.6. The summed E-state index contributed by atoms with van der Waals surface area (Å²) in [4.78, 5) is 0. The Hall–Kier alpha value is -0.640. The predicted octanol–water partition coefficient (Wildman–Crippen LogP) is 6.30. The van der Waals surface area contributed by atoms with Crippen molar-refractivity contribution in [2.45, 2.75) is 85.2 Å². The second-order valence-electron chi connectivity index (χ2n) is 6.70. The zero-order valence-electron chi connectivity index (χ0n) is 14.8. The summed E-state index contributed by atoms with van der Waals surface area (Å²) >= 11 is 0. The van der Waals surface area contributed by atoms with Gasteiger partial charge in [-0.05, 0) is 20.8 Å². The van der Waals surface area contributed by atoms with E-state index in [4.69, 9.17) is 0 Å². The molecule has 0 aliphatic rings. The second kappa shape index (κ2) is 7.31. The highest BCUT2D eigenvalue weighted by Crippen LogP contribution is 2.55. The van der Waals surface area contributed by atoms with Crippen LogP contribution in [0.15, 0.2) is 0 Å². The molecule has 1 unspecified atom stereocenters. The van der Waals surface area contributed by atoms with E-state index in [1.165, 1.54) is 0 Å². The van der Waals surface area contributed by atoms with Crippen molar-refractivity contribution in [2.75, 3.05) is 0 Å². The molecule has 0 aliphatic heterocycles. The number of hydrogen-bond donors (Lipinski definition) is 0. The van der Waals surface area contributed by atoms with Gasteiger partial charge in [0.05, 0.1) is 5.60 Å². The molecule has 0 saturated heterocycles. The van der Waals surface area contributed by atoms with Crippen LogP contribution in [0.2, 0.25) is 0 Å². The summed E-state index contributed by atoms with van der Waals surface area (Å²) in [6.45, 7) is 8.66.